The Balaban J connectivity index is 2.88. The van der Waals surface area contributed by atoms with Crippen molar-refractivity contribution in [2.45, 2.75) is 32.4 Å². The van der Waals surface area contributed by atoms with Gasteiger partial charge >= 0.3 is 0 Å². The first-order valence-corrected chi connectivity index (χ1v) is 5.88. The van der Waals surface area contributed by atoms with Crippen LogP contribution in [-0.2, 0) is 4.74 Å². The highest BCUT2D eigenvalue weighted by molar-refractivity contribution is 5.26. The van der Waals surface area contributed by atoms with Crippen LogP contribution >= 0.6 is 0 Å². The molecule has 1 aromatic heterocycles. The van der Waals surface area contributed by atoms with Crippen molar-refractivity contribution >= 4 is 0 Å². The van der Waals surface area contributed by atoms with E-state index in [1.165, 1.54) is 13.3 Å². The summed E-state index contributed by atoms with van der Waals surface area (Å²) in [6, 6.07) is 1.39. The van der Waals surface area contributed by atoms with Gasteiger partial charge in [-0.05, 0) is 33.9 Å². The summed E-state index contributed by atoms with van der Waals surface area (Å²) < 4.78 is 24.6. The maximum Gasteiger partial charge on any atom is 0.250 e. The number of likely N-dealkylation sites (N-methyl/N-ethyl adjacent to an activating group) is 1. The van der Waals surface area contributed by atoms with E-state index in [9.17, 15) is 4.39 Å². The van der Waals surface area contributed by atoms with Crippen molar-refractivity contribution in [3.8, 4) is 5.88 Å². The normalized spacial score (nSPS) is 13.4. The summed E-state index contributed by atoms with van der Waals surface area (Å²) in [4.78, 5) is 3.82. The number of ether oxygens (including phenoxy) is 2. The Labute approximate surface area is 108 Å². The number of rotatable bonds is 5. The lowest BCUT2D eigenvalue weighted by molar-refractivity contribution is -0.0143. The van der Waals surface area contributed by atoms with Crippen molar-refractivity contribution in [3.63, 3.8) is 0 Å². The van der Waals surface area contributed by atoms with Crippen LogP contribution in [0.25, 0.3) is 0 Å². The average Bonchev–Trinajstić information content (AvgIpc) is 2.30. The monoisotopic (exact) mass is 256 g/mol. The Morgan fingerprint density at radius 3 is 2.61 bits per heavy atom. The van der Waals surface area contributed by atoms with Gasteiger partial charge in [-0.25, -0.2) is 9.37 Å². The highest BCUT2D eigenvalue weighted by atomic mass is 19.1. The maximum absolute atomic E-state index is 14.0. The minimum atomic E-state index is -0.447. The molecule has 1 rings (SSSR count). The first-order chi connectivity index (χ1) is 8.39. The fraction of sp³-hybridized carbons (Fsp3) is 0.615. The van der Waals surface area contributed by atoms with Gasteiger partial charge in [0.05, 0.1) is 25.4 Å². The molecular formula is C13H21FN2O2. The van der Waals surface area contributed by atoms with Crippen LogP contribution < -0.4 is 10.1 Å². The van der Waals surface area contributed by atoms with Crippen LogP contribution in [-0.4, -0.2) is 31.3 Å². The summed E-state index contributed by atoms with van der Waals surface area (Å²) >= 11 is 0. The highest BCUT2D eigenvalue weighted by Crippen LogP contribution is 2.24. The second-order valence-electron chi connectivity index (χ2n) is 4.99. The molecule has 1 aromatic rings. The fourth-order valence-corrected chi connectivity index (χ4v) is 1.51. The standard InChI is InChI=1S/C13H21FN2O2/c1-13(2,3)18-8-10(15-4)9-6-7-16-12(17-5)11(9)14/h6-7,10,15H,8H2,1-5H3. The molecule has 1 atom stereocenters. The number of nitrogens with zero attached hydrogens (tertiary/aromatic N) is 1. The van der Waals surface area contributed by atoms with Crippen LogP contribution in [0.1, 0.15) is 32.4 Å². The van der Waals surface area contributed by atoms with Gasteiger partial charge in [0.25, 0.3) is 0 Å². The summed E-state index contributed by atoms with van der Waals surface area (Å²) in [5.74, 6) is -0.444. The number of hydrogen-bond acceptors (Lipinski definition) is 4. The van der Waals surface area contributed by atoms with Crippen LogP contribution in [0.5, 0.6) is 5.88 Å². The van der Waals surface area contributed by atoms with Crippen molar-refractivity contribution in [1.82, 2.24) is 10.3 Å². The Morgan fingerprint density at radius 1 is 1.44 bits per heavy atom. The lowest BCUT2D eigenvalue weighted by atomic mass is 10.1. The zero-order valence-electron chi connectivity index (χ0n) is 11.6. The van der Waals surface area contributed by atoms with Crippen molar-refractivity contribution < 1.29 is 13.9 Å². The number of pyridine rings is 1. The van der Waals surface area contributed by atoms with Crippen LogP contribution in [0.3, 0.4) is 0 Å². The molecule has 0 spiro atoms. The third-order valence-corrected chi connectivity index (χ3v) is 2.49. The molecule has 0 fully saturated rings. The molecule has 0 amide bonds. The Bertz CT molecular complexity index is 391. The van der Waals surface area contributed by atoms with Crippen molar-refractivity contribution in [1.29, 1.82) is 0 Å². The summed E-state index contributed by atoms with van der Waals surface area (Å²) in [5.41, 5.74) is 0.233. The zero-order chi connectivity index (χ0) is 13.8. The van der Waals surface area contributed by atoms with Gasteiger partial charge in [0.1, 0.15) is 0 Å². The molecule has 0 aliphatic heterocycles. The van der Waals surface area contributed by atoms with E-state index in [2.05, 4.69) is 10.3 Å². The smallest absolute Gasteiger partial charge is 0.250 e. The molecule has 4 nitrogen and oxygen atoms in total. The number of halogens is 1. The molecule has 0 saturated heterocycles. The molecular weight excluding hydrogens is 235 g/mol. The average molecular weight is 256 g/mol. The summed E-state index contributed by atoms with van der Waals surface area (Å²) in [7, 11) is 3.16. The molecule has 18 heavy (non-hydrogen) atoms. The van der Waals surface area contributed by atoms with Crippen LogP contribution in [0.4, 0.5) is 4.39 Å². The minimum absolute atomic E-state index is 0.00325. The lowest BCUT2D eigenvalue weighted by Gasteiger charge is -2.24. The molecule has 5 heteroatoms. The molecule has 1 N–H and O–H groups in total. The Kier molecular flexibility index (Phi) is 5.04. The van der Waals surface area contributed by atoms with Crippen molar-refractivity contribution in [2.24, 2.45) is 0 Å². The largest absolute Gasteiger partial charge is 0.479 e. The quantitative estimate of drug-likeness (QED) is 0.878. The highest BCUT2D eigenvalue weighted by Gasteiger charge is 2.20. The van der Waals surface area contributed by atoms with E-state index in [-0.39, 0.29) is 17.5 Å². The third-order valence-electron chi connectivity index (χ3n) is 2.49. The topological polar surface area (TPSA) is 43.4 Å². The van der Waals surface area contributed by atoms with Gasteiger partial charge < -0.3 is 14.8 Å². The SMILES string of the molecule is CNC(COC(C)(C)C)c1ccnc(OC)c1F. The third kappa shape index (κ3) is 3.92. The first-order valence-electron chi connectivity index (χ1n) is 5.88. The molecule has 0 aliphatic rings. The predicted octanol–water partition coefficient (Wildman–Crippen LogP) is 2.30. The van der Waals surface area contributed by atoms with E-state index in [1.807, 2.05) is 20.8 Å². The molecule has 102 valence electrons. The lowest BCUT2D eigenvalue weighted by Crippen LogP contribution is -2.29. The minimum Gasteiger partial charge on any atom is -0.479 e. The second-order valence-corrected chi connectivity index (χ2v) is 4.99. The number of nitrogens with one attached hydrogen (secondary N) is 1. The van der Waals surface area contributed by atoms with Gasteiger partial charge in [0.2, 0.25) is 5.88 Å². The van der Waals surface area contributed by atoms with Gasteiger partial charge in [-0.15, -0.1) is 0 Å². The van der Waals surface area contributed by atoms with E-state index in [4.69, 9.17) is 9.47 Å². The molecule has 0 bridgehead atoms. The maximum atomic E-state index is 14.0. The molecule has 0 radical (unpaired) electrons. The molecule has 1 heterocycles. The first kappa shape index (κ1) is 14.9. The van der Waals surface area contributed by atoms with E-state index in [0.29, 0.717) is 12.2 Å². The summed E-state index contributed by atoms with van der Waals surface area (Å²) in [6.07, 6.45) is 1.53. The van der Waals surface area contributed by atoms with Gasteiger partial charge in [-0.1, -0.05) is 0 Å². The zero-order valence-corrected chi connectivity index (χ0v) is 11.6. The van der Waals surface area contributed by atoms with Crippen molar-refractivity contribution in [2.75, 3.05) is 20.8 Å². The Morgan fingerprint density at radius 2 is 2.11 bits per heavy atom. The van der Waals surface area contributed by atoms with E-state index < -0.39 is 5.82 Å². The van der Waals surface area contributed by atoms with Gasteiger partial charge in [-0.3, -0.25) is 0 Å². The predicted molar refractivity (Wildman–Crippen MR) is 68.3 cm³/mol. The molecule has 1 unspecified atom stereocenters. The van der Waals surface area contributed by atoms with Gasteiger partial charge in [-0.2, -0.15) is 0 Å². The Hall–Kier alpha value is -1.20. The van der Waals surface area contributed by atoms with Crippen LogP contribution in [0.15, 0.2) is 12.3 Å². The number of aromatic nitrogens is 1. The van der Waals surface area contributed by atoms with Gasteiger partial charge in [0, 0.05) is 11.8 Å². The van der Waals surface area contributed by atoms with Gasteiger partial charge in [0.15, 0.2) is 5.82 Å². The summed E-state index contributed by atoms with van der Waals surface area (Å²) in [6.45, 7) is 6.26. The second kappa shape index (κ2) is 6.11. The van der Waals surface area contributed by atoms with E-state index >= 15 is 0 Å². The van der Waals surface area contributed by atoms with Crippen molar-refractivity contribution in [3.05, 3.63) is 23.6 Å². The fourth-order valence-electron chi connectivity index (χ4n) is 1.51. The molecule has 0 aliphatic carbocycles. The number of methoxy groups -OCH3 is 1. The summed E-state index contributed by atoms with van der Waals surface area (Å²) in [5, 5.41) is 3.03. The van der Waals surface area contributed by atoms with Crippen LogP contribution in [0, 0.1) is 5.82 Å². The van der Waals surface area contributed by atoms with E-state index in [1.54, 1.807) is 13.1 Å². The van der Waals surface area contributed by atoms with E-state index in [0.717, 1.165) is 0 Å². The number of hydrogen-bond donors (Lipinski definition) is 1. The molecule has 0 aromatic carbocycles. The molecule has 0 saturated carbocycles. The van der Waals surface area contributed by atoms with Crippen LogP contribution in [0.2, 0.25) is 0 Å².